The quantitative estimate of drug-likeness (QED) is 0.687. The predicted molar refractivity (Wildman–Crippen MR) is 69.7 cm³/mol. The van der Waals surface area contributed by atoms with Crippen molar-refractivity contribution in [2.45, 2.75) is 50.9 Å². The minimum absolute atomic E-state index is 0.382. The largest absolute Gasteiger partial charge is 0.295 e. The fourth-order valence-corrected chi connectivity index (χ4v) is 4.10. The normalized spacial score (nSPS) is 29.9. The molecule has 0 aromatic carbocycles. The molecule has 0 amide bonds. The molecule has 1 rings (SSSR count). The third-order valence-corrected chi connectivity index (χ3v) is 5.84. The SMILES string of the molecule is CC(C)N1CC(S(C)(C)C)CC1(C)C. The summed E-state index contributed by atoms with van der Waals surface area (Å²) in [7, 11) is -0.382. The van der Waals surface area contributed by atoms with Crippen molar-refractivity contribution >= 4 is 10.0 Å². The van der Waals surface area contributed by atoms with E-state index >= 15 is 0 Å². The molecule has 0 spiro atoms. The summed E-state index contributed by atoms with van der Waals surface area (Å²) in [5.74, 6) is 0. The summed E-state index contributed by atoms with van der Waals surface area (Å²) in [6, 6.07) is 0.691. The number of rotatable bonds is 2. The van der Waals surface area contributed by atoms with Gasteiger partial charge >= 0.3 is 0 Å². The van der Waals surface area contributed by atoms with Crippen molar-refractivity contribution in [3.63, 3.8) is 0 Å². The highest BCUT2D eigenvalue weighted by atomic mass is 32.3. The van der Waals surface area contributed by atoms with Crippen LogP contribution in [0.4, 0.5) is 0 Å². The van der Waals surface area contributed by atoms with E-state index in [4.69, 9.17) is 0 Å². The van der Waals surface area contributed by atoms with Crippen LogP contribution in [0, 0.1) is 0 Å². The third-order valence-electron chi connectivity index (χ3n) is 3.53. The maximum Gasteiger partial charge on any atom is 0.0166 e. The maximum atomic E-state index is 2.68. The minimum atomic E-state index is -0.382. The van der Waals surface area contributed by atoms with Gasteiger partial charge in [0.15, 0.2) is 0 Å². The Kier molecular flexibility index (Phi) is 3.28. The highest BCUT2D eigenvalue weighted by Crippen LogP contribution is 2.49. The Hall–Kier alpha value is 0.310. The number of nitrogens with zero attached hydrogens (tertiary/aromatic N) is 1. The zero-order valence-corrected chi connectivity index (χ0v) is 11.7. The van der Waals surface area contributed by atoms with Crippen LogP contribution in [0.2, 0.25) is 0 Å². The summed E-state index contributed by atoms with van der Waals surface area (Å²) in [5.41, 5.74) is 0.416. The lowest BCUT2D eigenvalue weighted by Gasteiger charge is -2.34. The Bertz CT molecular complexity index is 203. The molecule has 0 aromatic rings. The van der Waals surface area contributed by atoms with Crippen LogP contribution in [0.15, 0.2) is 0 Å². The van der Waals surface area contributed by atoms with Crippen molar-refractivity contribution in [2.24, 2.45) is 0 Å². The molecule has 1 aliphatic rings. The Morgan fingerprint density at radius 1 is 1.21 bits per heavy atom. The van der Waals surface area contributed by atoms with Crippen LogP contribution in [0.3, 0.4) is 0 Å². The molecule has 14 heavy (non-hydrogen) atoms. The highest BCUT2D eigenvalue weighted by molar-refractivity contribution is 8.32. The van der Waals surface area contributed by atoms with Crippen LogP contribution < -0.4 is 0 Å². The highest BCUT2D eigenvalue weighted by Gasteiger charge is 2.42. The van der Waals surface area contributed by atoms with Gasteiger partial charge < -0.3 is 0 Å². The molecule has 0 N–H and O–H groups in total. The van der Waals surface area contributed by atoms with E-state index in [2.05, 4.69) is 51.4 Å². The van der Waals surface area contributed by atoms with Crippen molar-refractivity contribution < 1.29 is 0 Å². The Morgan fingerprint density at radius 3 is 1.93 bits per heavy atom. The zero-order chi connectivity index (χ0) is 11.1. The van der Waals surface area contributed by atoms with Crippen LogP contribution in [0.1, 0.15) is 34.1 Å². The Labute approximate surface area is 91.6 Å². The third kappa shape index (κ3) is 2.46. The van der Waals surface area contributed by atoms with Crippen LogP contribution in [0.5, 0.6) is 0 Å². The second-order valence-electron chi connectivity index (χ2n) is 6.32. The lowest BCUT2D eigenvalue weighted by molar-refractivity contribution is 0.135. The number of hydrogen-bond donors (Lipinski definition) is 0. The van der Waals surface area contributed by atoms with Gasteiger partial charge in [-0.15, -0.1) is 0 Å². The molecule has 2 heteroatoms. The molecular weight excluding hydrogens is 190 g/mol. The van der Waals surface area contributed by atoms with Crippen LogP contribution in [-0.4, -0.2) is 47.0 Å². The fourth-order valence-electron chi connectivity index (χ4n) is 2.59. The van der Waals surface area contributed by atoms with E-state index < -0.39 is 0 Å². The average Bonchev–Trinajstić information content (AvgIpc) is 2.23. The summed E-state index contributed by atoms with van der Waals surface area (Å²) in [4.78, 5) is 2.68. The van der Waals surface area contributed by atoms with Gasteiger partial charge in [0, 0.05) is 23.4 Å². The monoisotopic (exact) mass is 217 g/mol. The molecule has 0 saturated carbocycles. The van der Waals surface area contributed by atoms with E-state index in [0.29, 0.717) is 11.6 Å². The standard InChI is InChI=1S/C12H27NS/c1-10(2)13-9-11(14(5,6)7)8-12(13,3)4/h10-11H,8-9H2,1-7H3. The van der Waals surface area contributed by atoms with Gasteiger partial charge in [-0.2, -0.15) is 0 Å². The van der Waals surface area contributed by atoms with Gasteiger partial charge in [-0.3, -0.25) is 4.90 Å². The molecule has 1 aliphatic heterocycles. The molecule has 0 bridgehead atoms. The van der Waals surface area contributed by atoms with Crippen molar-refractivity contribution in [3.8, 4) is 0 Å². The minimum Gasteiger partial charge on any atom is -0.295 e. The van der Waals surface area contributed by atoms with Gasteiger partial charge in [0.1, 0.15) is 0 Å². The van der Waals surface area contributed by atoms with E-state index in [1.807, 2.05) is 0 Å². The van der Waals surface area contributed by atoms with Crippen molar-refractivity contribution in [2.75, 3.05) is 25.3 Å². The van der Waals surface area contributed by atoms with Gasteiger partial charge in [0.05, 0.1) is 0 Å². The van der Waals surface area contributed by atoms with Crippen molar-refractivity contribution in [1.29, 1.82) is 0 Å². The van der Waals surface area contributed by atoms with Crippen molar-refractivity contribution in [3.05, 3.63) is 0 Å². The van der Waals surface area contributed by atoms with Crippen LogP contribution >= 0.6 is 10.0 Å². The van der Waals surface area contributed by atoms with E-state index in [1.165, 1.54) is 13.0 Å². The first-order chi connectivity index (χ1) is 6.14. The molecule has 1 heterocycles. The molecule has 0 aliphatic carbocycles. The second-order valence-corrected chi connectivity index (χ2v) is 10.8. The molecule has 1 fully saturated rings. The molecule has 1 unspecified atom stereocenters. The summed E-state index contributed by atoms with van der Waals surface area (Å²) in [6.45, 7) is 10.8. The fraction of sp³-hybridized carbons (Fsp3) is 1.00. The molecule has 86 valence electrons. The zero-order valence-electron chi connectivity index (χ0n) is 10.9. The van der Waals surface area contributed by atoms with Crippen LogP contribution in [-0.2, 0) is 0 Å². The first-order valence-corrected chi connectivity index (χ1v) is 8.50. The first-order valence-electron chi connectivity index (χ1n) is 5.58. The van der Waals surface area contributed by atoms with Gasteiger partial charge in [0.2, 0.25) is 0 Å². The van der Waals surface area contributed by atoms with E-state index in [0.717, 1.165) is 5.25 Å². The molecule has 1 saturated heterocycles. The summed E-state index contributed by atoms with van der Waals surface area (Å²) in [6.07, 6.45) is 8.75. The van der Waals surface area contributed by atoms with Crippen LogP contribution in [0.25, 0.3) is 0 Å². The van der Waals surface area contributed by atoms with Gasteiger partial charge in [-0.1, -0.05) is 0 Å². The van der Waals surface area contributed by atoms with Gasteiger partial charge in [-0.05, 0) is 52.9 Å². The molecular formula is C12H27NS. The number of hydrogen-bond acceptors (Lipinski definition) is 1. The first kappa shape index (κ1) is 12.4. The smallest absolute Gasteiger partial charge is 0.0166 e. The summed E-state index contributed by atoms with van der Waals surface area (Å²) in [5, 5.41) is 0.930. The molecule has 0 radical (unpaired) electrons. The summed E-state index contributed by atoms with van der Waals surface area (Å²) >= 11 is 0. The maximum absolute atomic E-state index is 2.68. The lowest BCUT2D eigenvalue weighted by atomic mass is 10.0. The Morgan fingerprint density at radius 2 is 1.71 bits per heavy atom. The van der Waals surface area contributed by atoms with Crippen molar-refractivity contribution in [1.82, 2.24) is 4.90 Å². The Balaban J connectivity index is 2.77. The average molecular weight is 217 g/mol. The lowest BCUT2D eigenvalue weighted by Crippen LogP contribution is -2.42. The molecule has 0 aromatic heterocycles. The van der Waals surface area contributed by atoms with E-state index in [-0.39, 0.29) is 10.0 Å². The van der Waals surface area contributed by atoms with E-state index in [1.54, 1.807) is 0 Å². The predicted octanol–water partition coefficient (Wildman–Crippen LogP) is 2.94. The van der Waals surface area contributed by atoms with Gasteiger partial charge in [-0.25, -0.2) is 10.0 Å². The molecule has 1 atom stereocenters. The topological polar surface area (TPSA) is 3.24 Å². The van der Waals surface area contributed by atoms with E-state index in [9.17, 15) is 0 Å². The summed E-state index contributed by atoms with van der Waals surface area (Å²) < 4.78 is 0. The second kappa shape index (κ2) is 3.71. The molecule has 1 nitrogen and oxygen atoms in total. The number of likely N-dealkylation sites (tertiary alicyclic amines) is 1. The van der Waals surface area contributed by atoms with Gasteiger partial charge in [0.25, 0.3) is 0 Å².